The van der Waals surface area contributed by atoms with E-state index < -0.39 is 6.10 Å². The number of nitrogens with zero attached hydrogens (tertiary/aromatic N) is 1. The number of aromatic nitrogens is 2. The van der Waals surface area contributed by atoms with Gasteiger partial charge in [0.15, 0.2) is 0 Å². The lowest BCUT2D eigenvalue weighted by Crippen LogP contribution is -2.32. The van der Waals surface area contributed by atoms with Gasteiger partial charge in [0.2, 0.25) is 0 Å². The lowest BCUT2D eigenvalue weighted by atomic mass is 10.0. The average Bonchev–Trinajstić information content (AvgIpc) is 3.10. The molecule has 3 rings (SSSR count). The molecule has 0 saturated carbocycles. The van der Waals surface area contributed by atoms with Crippen LogP contribution in [-0.4, -0.2) is 40.1 Å². The Labute approximate surface area is 159 Å². The van der Waals surface area contributed by atoms with Crippen LogP contribution in [-0.2, 0) is 6.42 Å². The molecule has 142 valence electrons. The third kappa shape index (κ3) is 4.53. The molecule has 0 radical (unpaired) electrons. The summed E-state index contributed by atoms with van der Waals surface area (Å²) in [7, 11) is 0. The minimum Gasteiger partial charge on any atom is -0.387 e. The van der Waals surface area contributed by atoms with Crippen LogP contribution in [0.25, 0.3) is 10.9 Å². The molecule has 0 unspecified atom stereocenters. The van der Waals surface area contributed by atoms with E-state index in [0.717, 1.165) is 28.5 Å². The number of rotatable bonds is 8. The second-order valence-corrected chi connectivity index (χ2v) is 6.72. The number of carbonyl (C=O) groups is 1. The SMILES string of the molecule is CCNC(=O)c1cccc2c(C[C@@H](C)NC[C@H](O)c3cccnc3)c[nH]c12. The largest absolute Gasteiger partial charge is 0.387 e. The van der Waals surface area contributed by atoms with Crippen LogP contribution in [0.4, 0.5) is 0 Å². The van der Waals surface area contributed by atoms with Crippen LogP contribution in [0.3, 0.4) is 0 Å². The fourth-order valence-electron chi connectivity index (χ4n) is 3.23. The highest BCUT2D eigenvalue weighted by Gasteiger charge is 2.15. The first-order valence-corrected chi connectivity index (χ1v) is 9.28. The monoisotopic (exact) mass is 366 g/mol. The number of aliphatic hydroxyl groups is 1. The van der Waals surface area contributed by atoms with E-state index in [1.165, 1.54) is 0 Å². The Morgan fingerprint density at radius 2 is 2.15 bits per heavy atom. The van der Waals surface area contributed by atoms with Gasteiger partial charge in [-0.3, -0.25) is 9.78 Å². The first-order chi connectivity index (χ1) is 13.1. The van der Waals surface area contributed by atoms with Crippen molar-refractivity contribution < 1.29 is 9.90 Å². The lowest BCUT2D eigenvalue weighted by Gasteiger charge is -2.17. The maximum absolute atomic E-state index is 12.2. The molecular formula is C21H26N4O2. The van der Waals surface area contributed by atoms with E-state index in [9.17, 15) is 9.90 Å². The number of hydrogen-bond acceptors (Lipinski definition) is 4. The highest BCUT2D eigenvalue weighted by molar-refractivity contribution is 6.06. The first-order valence-electron chi connectivity index (χ1n) is 9.28. The van der Waals surface area contributed by atoms with E-state index >= 15 is 0 Å². The van der Waals surface area contributed by atoms with Gasteiger partial charge in [0.05, 0.1) is 17.2 Å². The van der Waals surface area contributed by atoms with E-state index in [-0.39, 0.29) is 11.9 Å². The molecule has 6 heteroatoms. The van der Waals surface area contributed by atoms with Crippen LogP contribution in [0, 0.1) is 0 Å². The number of carbonyl (C=O) groups excluding carboxylic acids is 1. The van der Waals surface area contributed by atoms with Crippen molar-refractivity contribution in [1.29, 1.82) is 0 Å². The number of nitrogens with one attached hydrogen (secondary N) is 3. The third-order valence-electron chi connectivity index (χ3n) is 4.64. The first kappa shape index (κ1) is 19.1. The number of H-pyrrole nitrogens is 1. The number of fused-ring (bicyclic) bond motifs is 1. The molecule has 0 spiro atoms. The molecule has 1 amide bonds. The van der Waals surface area contributed by atoms with Gasteiger partial charge < -0.3 is 20.7 Å². The zero-order valence-electron chi connectivity index (χ0n) is 15.7. The Balaban J connectivity index is 1.66. The summed E-state index contributed by atoms with van der Waals surface area (Å²) in [5.74, 6) is -0.0673. The molecule has 0 aliphatic rings. The van der Waals surface area contributed by atoms with Crippen molar-refractivity contribution in [3.8, 4) is 0 Å². The molecule has 4 N–H and O–H groups in total. The highest BCUT2D eigenvalue weighted by atomic mass is 16.3. The second kappa shape index (κ2) is 8.79. The van der Waals surface area contributed by atoms with Crippen LogP contribution in [0.2, 0.25) is 0 Å². The maximum Gasteiger partial charge on any atom is 0.253 e. The molecule has 3 aromatic rings. The molecule has 0 fully saturated rings. The molecule has 0 aliphatic carbocycles. The zero-order valence-corrected chi connectivity index (χ0v) is 15.7. The van der Waals surface area contributed by atoms with Crippen molar-refractivity contribution in [3.63, 3.8) is 0 Å². The summed E-state index contributed by atoms with van der Waals surface area (Å²) in [5.41, 5.74) is 3.47. The molecule has 27 heavy (non-hydrogen) atoms. The van der Waals surface area contributed by atoms with Crippen molar-refractivity contribution in [2.45, 2.75) is 32.4 Å². The Hall–Kier alpha value is -2.70. The Bertz CT molecular complexity index is 892. The van der Waals surface area contributed by atoms with Gasteiger partial charge >= 0.3 is 0 Å². The van der Waals surface area contributed by atoms with Gasteiger partial charge in [-0.05, 0) is 38.0 Å². The Morgan fingerprint density at radius 1 is 1.30 bits per heavy atom. The smallest absolute Gasteiger partial charge is 0.253 e. The van der Waals surface area contributed by atoms with Crippen LogP contribution in [0.15, 0.2) is 48.9 Å². The van der Waals surface area contributed by atoms with E-state index in [1.807, 2.05) is 43.5 Å². The van der Waals surface area contributed by atoms with E-state index in [0.29, 0.717) is 18.7 Å². The predicted molar refractivity (Wildman–Crippen MR) is 107 cm³/mol. The molecule has 2 aromatic heterocycles. The number of hydrogen-bond donors (Lipinski definition) is 4. The molecule has 6 nitrogen and oxygen atoms in total. The summed E-state index contributed by atoms with van der Waals surface area (Å²) in [5, 5.41) is 17.5. The van der Waals surface area contributed by atoms with Crippen molar-refractivity contribution in [3.05, 3.63) is 65.6 Å². The summed E-state index contributed by atoms with van der Waals surface area (Å²) in [6.45, 7) is 5.05. The molecule has 1 aromatic carbocycles. The molecule has 0 aliphatic heterocycles. The maximum atomic E-state index is 12.2. The molecule has 0 saturated heterocycles. The zero-order chi connectivity index (χ0) is 19.2. The minimum atomic E-state index is -0.589. The van der Waals surface area contributed by atoms with Crippen LogP contribution >= 0.6 is 0 Å². The second-order valence-electron chi connectivity index (χ2n) is 6.72. The van der Waals surface area contributed by atoms with Crippen LogP contribution in [0.5, 0.6) is 0 Å². The third-order valence-corrected chi connectivity index (χ3v) is 4.64. The summed E-state index contributed by atoms with van der Waals surface area (Å²) < 4.78 is 0. The number of pyridine rings is 1. The quantitative estimate of drug-likeness (QED) is 0.493. The topological polar surface area (TPSA) is 90.0 Å². The molecular weight excluding hydrogens is 340 g/mol. The van der Waals surface area contributed by atoms with Crippen molar-refractivity contribution in [1.82, 2.24) is 20.6 Å². The minimum absolute atomic E-state index is 0.0673. The van der Waals surface area contributed by atoms with Crippen molar-refractivity contribution in [2.24, 2.45) is 0 Å². The summed E-state index contributed by atoms with van der Waals surface area (Å²) in [4.78, 5) is 19.5. The van der Waals surface area contributed by atoms with Gasteiger partial charge in [0, 0.05) is 48.7 Å². The van der Waals surface area contributed by atoms with Gasteiger partial charge in [-0.25, -0.2) is 0 Å². The number of para-hydroxylation sites is 1. The average molecular weight is 366 g/mol. The number of amides is 1. The van der Waals surface area contributed by atoms with Gasteiger partial charge in [-0.2, -0.15) is 0 Å². The lowest BCUT2D eigenvalue weighted by molar-refractivity contribution is 0.0957. The summed E-state index contributed by atoms with van der Waals surface area (Å²) >= 11 is 0. The van der Waals surface area contributed by atoms with E-state index in [1.54, 1.807) is 12.4 Å². The molecule has 2 atom stereocenters. The molecule has 0 bridgehead atoms. The Morgan fingerprint density at radius 3 is 2.89 bits per heavy atom. The number of benzene rings is 1. The molecule has 2 heterocycles. The van der Waals surface area contributed by atoms with Gasteiger partial charge in [0.25, 0.3) is 5.91 Å². The van der Waals surface area contributed by atoms with E-state index in [4.69, 9.17) is 0 Å². The van der Waals surface area contributed by atoms with Gasteiger partial charge in [-0.1, -0.05) is 18.2 Å². The fourth-order valence-corrected chi connectivity index (χ4v) is 3.23. The van der Waals surface area contributed by atoms with E-state index in [2.05, 4.69) is 27.5 Å². The summed E-state index contributed by atoms with van der Waals surface area (Å²) in [6, 6.07) is 9.63. The van der Waals surface area contributed by atoms with Crippen LogP contribution in [0.1, 0.15) is 41.4 Å². The van der Waals surface area contributed by atoms with Crippen molar-refractivity contribution >= 4 is 16.8 Å². The van der Waals surface area contributed by atoms with Gasteiger partial charge in [-0.15, -0.1) is 0 Å². The van der Waals surface area contributed by atoms with Crippen LogP contribution < -0.4 is 10.6 Å². The van der Waals surface area contributed by atoms with Gasteiger partial charge in [0.1, 0.15) is 0 Å². The Kier molecular flexibility index (Phi) is 6.21. The highest BCUT2D eigenvalue weighted by Crippen LogP contribution is 2.23. The summed E-state index contributed by atoms with van der Waals surface area (Å²) in [6.07, 6.45) is 5.54. The van der Waals surface area contributed by atoms with Crippen molar-refractivity contribution in [2.75, 3.05) is 13.1 Å². The number of aliphatic hydroxyl groups excluding tert-OH is 1. The predicted octanol–water partition coefficient (Wildman–Crippen LogP) is 2.57. The standard InChI is InChI=1S/C21H26N4O2/c1-3-23-21(27)18-8-4-7-17-16(12-25-20(17)18)10-14(2)24-13-19(26)15-6-5-9-22-11-15/h4-9,11-12,14,19,24-26H,3,10,13H2,1-2H3,(H,23,27)/t14-,19+/m1/s1. The normalized spacial score (nSPS) is 13.4. The number of aromatic amines is 1. The fraction of sp³-hybridized carbons (Fsp3) is 0.333.